The number of thiazole rings is 2. The zero-order valence-corrected chi connectivity index (χ0v) is 17.7. The number of carbonyl (C=O) groups is 1. The zero-order chi connectivity index (χ0) is 20.4. The molecule has 4 aromatic rings. The first kappa shape index (κ1) is 19.4. The standard InChI is InChI=1S/C20H16ClN5OS2/c1-11-17(16-10-28-19(25-16)24-15-8-4-13(21)5-9-15)29-20(23-11)26-18(27)12-2-6-14(22)7-3-12/h2-10H,22H2,1H3,(H,24,25)(H,23,26,27). The minimum atomic E-state index is -0.228. The number of nitrogens with zero attached hydrogens (tertiary/aromatic N) is 2. The fourth-order valence-corrected chi connectivity index (χ4v) is 4.43. The van der Waals surface area contributed by atoms with Gasteiger partial charge in [0.15, 0.2) is 10.3 Å². The maximum absolute atomic E-state index is 12.4. The molecule has 9 heteroatoms. The second-order valence-corrected chi connectivity index (χ2v) is 8.47. The highest BCUT2D eigenvalue weighted by atomic mass is 35.5. The fraction of sp³-hybridized carbons (Fsp3) is 0.0500. The summed E-state index contributed by atoms with van der Waals surface area (Å²) in [6, 6.07) is 14.2. The number of nitrogens with two attached hydrogens (primary N) is 1. The molecule has 1 amide bonds. The molecule has 0 aliphatic carbocycles. The van der Waals surface area contributed by atoms with Crippen LogP contribution in [0.3, 0.4) is 0 Å². The Morgan fingerprint density at radius 2 is 1.76 bits per heavy atom. The van der Waals surface area contributed by atoms with Crippen molar-refractivity contribution in [1.82, 2.24) is 9.97 Å². The molecule has 4 rings (SSSR count). The van der Waals surface area contributed by atoms with Gasteiger partial charge in [-0.3, -0.25) is 10.1 Å². The lowest BCUT2D eigenvalue weighted by molar-refractivity contribution is 0.102. The van der Waals surface area contributed by atoms with Crippen molar-refractivity contribution in [2.75, 3.05) is 16.4 Å². The minimum absolute atomic E-state index is 0.228. The van der Waals surface area contributed by atoms with Crippen LogP contribution in [0.2, 0.25) is 5.02 Å². The van der Waals surface area contributed by atoms with Crippen molar-refractivity contribution in [2.24, 2.45) is 0 Å². The topological polar surface area (TPSA) is 92.9 Å². The van der Waals surface area contributed by atoms with Gasteiger partial charge >= 0.3 is 0 Å². The lowest BCUT2D eigenvalue weighted by Crippen LogP contribution is -2.11. The molecule has 2 aromatic carbocycles. The molecular weight excluding hydrogens is 426 g/mol. The molecule has 0 atom stereocenters. The van der Waals surface area contributed by atoms with Crippen LogP contribution < -0.4 is 16.4 Å². The number of nitrogens with one attached hydrogen (secondary N) is 2. The molecule has 2 aromatic heterocycles. The van der Waals surface area contributed by atoms with Crippen molar-refractivity contribution in [3.8, 4) is 10.6 Å². The normalized spacial score (nSPS) is 10.7. The van der Waals surface area contributed by atoms with E-state index in [1.54, 1.807) is 24.3 Å². The van der Waals surface area contributed by atoms with Crippen molar-refractivity contribution in [3.05, 3.63) is 70.2 Å². The van der Waals surface area contributed by atoms with Gasteiger partial charge in [0, 0.05) is 27.3 Å². The first-order chi connectivity index (χ1) is 14.0. The van der Waals surface area contributed by atoms with Crippen LogP contribution in [0.5, 0.6) is 0 Å². The molecule has 0 aliphatic rings. The third kappa shape index (κ3) is 4.56. The second kappa shape index (κ2) is 8.20. The summed E-state index contributed by atoms with van der Waals surface area (Å²) < 4.78 is 0. The monoisotopic (exact) mass is 441 g/mol. The summed E-state index contributed by atoms with van der Waals surface area (Å²) in [4.78, 5) is 22.4. The maximum atomic E-state index is 12.4. The summed E-state index contributed by atoms with van der Waals surface area (Å²) in [5.41, 5.74) is 9.34. The summed E-state index contributed by atoms with van der Waals surface area (Å²) in [6.45, 7) is 1.90. The van der Waals surface area contributed by atoms with Gasteiger partial charge < -0.3 is 11.1 Å². The number of rotatable bonds is 5. The molecule has 6 nitrogen and oxygen atoms in total. The van der Waals surface area contributed by atoms with E-state index in [0.717, 1.165) is 27.1 Å². The lowest BCUT2D eigenvalue weighted by Gasteiger charge is -2.02. The van der Waals surface area contributed by atoms with E-state index >= 15 is 0 Å². The SMILES string of the molecule is Cc1nc(NC(=O)c2ccc(N)cc2)sc1-c1csc(Nc2ccc(Cl)cc2)n1. The van der Waals surface area contributed by atoms with E-state index in [1.807, 2.05) is 36.6 Å². The van der Waals surface area contributed by atoms with Gasteiger partial charge in [0.25, 0.3) is 5.91 Å². The first-order valence-electron chi connectivity index (χ1n) is 8.61. The van der Waals surface area contributed by atoms with Gasteiger partial charge in [-0.15, -0.1) is 11.3 Å². The quantitative estimate of drug-likeness (QED) is 0.340. The van der Waals surface area contributed by atoms with Gasteiger partial charge in [0.05, 0.1) is 16.3 Å². The van der Waals surface area contributed by atoms with Crippen molar-refractivity contribution >= 4 is 61.8 Å². The average molecular weight is 442 g/mol. The second-order valence-electron chi connectivity index (χ2n) is 6.18. The van der Waals surface area contributed by atoms with Crippen LogP contribution >= 0.6 is 34.3 Å². The Hall–Kier alpha value is -2.94. The van der Waals surface area contributed by atoms with Crippen molar-refractivity contribution in [2.45, 2.75) is 6.92 Å². The summed E-state index contributed by atoms with van der Waals surface area (Å²) in [6.07, 6.45) is 0. The predicted octanol–water partition coefficient (Wildman–Crippen LogP) is 5.81. The summed E-state index contributed by atoms with van der Waals surface area (Å²) in [5.74, 6) is -0.228. The number of nitrogen functional groups attached to an aromatic ring is 1. The number of hydrogen-bond acceptors (Lipinski definition) is 7. The van der Waals surface area contributed by atoms with E-state index in [-0.39, 0.29) is 5.91 Å². The lowest BCUT2D eigenvalue weighted by atomic mass is 10.2. The van der Waals surface area contributed by atoms with Gasteiger partial charge in [0.2, 0.25) is 0 Å². The number of carbonyl (C=O) groups excluding carboxylic acids is 1. The van der Waals surface area contributed by atoms with Crippen LogP contribution in [-0.2, 0) is 0 Å². The number of benzene rings is 2. The van der Waals surface area contributed by atoms with E-state index in [1.165, 1.54) is 22.7 Å². The van der Waals surface area contributed by atoms with E-state index in [0.29, 0.717) is 21.4 Å². The van der Waals surface area contributed by atoms with Crippen molar-refractivity contribution < 1.29 is 4.79 Å². The molecule has 0 spiro atoms. The molecule has 0 unspecified atom stereocenters. The number of hydrogen-bond donors (Lipinski definition) is 3. The third-order valence-electron chi connectivity index (χ3n) is 4.02. The van der Waals surface area contributed by atoms with Gasteiger partial charge in [-0.1, -0.05) is 22.9 Å². The van der Waals surface area contributed by atoms with Gasteiger partial charge in [0.1, 0.15) is 0 Å². The smallest absolute Gasteiger partial charge is 0.257 e. The van der Waals surface area contributed by atoms with E-state index in [9.17, 15) is 4.79 Å². The van der Waals surface area contributed by atoms with E-state index in [2.05, 4.69) is 20.6 Å². The average Bonchev–Trinajstić information content (AvgIpc) is 3.30. The molecule has 4 N–H and O–H groups in total. The third-order valence-corrected chi connectivity index (χ3v) is 6.13. The van der Waals surface area contributed by atoms with Crippen molar-refractivity contribution in [3.63, 3.8) is 0 Å². The number of aryl methyl sites for hydroxylation is 1. The Balaban J connectivity index is 1.49. The van der Waals surface area contributed by atoms with Crippen LogP contribution in [0, 0.1) is 6.92 Å². The summed E-state index contributed by atoms with van der Waals surface area (Å²) in [5, 5.41) is 10.0. The largest absolute Gasteiger partial charge is 0.399 e. The molecule has 146 valence electrons. The summed E-state index contributed by atoms with van der Waals surface area (Å²) >= 11 is 8.81. The van der Waals surface area contributed by atoms with Crippen LogP contribution in [0.1, 0.15) is 16.1 Å². The molecule has 2 heterocycles. The van der Waals surface area contributed by atoms with Gasteiger partial charge in [-0.25, -0.2) is 9.97 Å². The first-order valence-corrected chi connectivity index (χ1v) is 10.7. The maximum Gasteiger partial charge on any atom is 0.257 e. The molecule has 0 radical (unpaired) electrons. The Morgan fingerprint density at radius 1 is 1.03 bits per heavy atom. The highest BCUT2D eigenvalue weighted by Gasteiger charge is 2.15. The van der Waals surface area contributed by atoms with Crippen LogP contribution in [0.4, 0.5) is 21.6 Å². The van der Waals surface area contributed by atoms with Crippen LogP contribution in [-0.4, -0.2) is 15.9 Å². The molecule has 0 saturated carbocycles. The molecule has 0 aliphatic heterocycles. The number of aromatic nitrogens is 2. The van der Waals surface area contributed by atoms with Crippen molar-refractivity contribution in [1.29, 1.82) is 0 Å². The van der Waals surface area contributed by atoms with Gasteiger partial charge in [-0.05, 0) is 55.5 Å². The molecule has 0 saturated heterocycles. The van der Waals surface area contributed by atoms with E-state index < -0.39 is 0 Å². The molecule has 0 bridgehead atoms. The Bertz CT molecular complexity index is 1150. The highest BCUT2D eigenvalue weighted by Crippen LogP contribution is 2.35. The minimum Gasteiger partial charge on any atom is -0.399 e. The Morgan fingerprint density at radius 3 is 2.48 bits per heavy atom. The summed E-state index contributed by atoms with van der Waals surface area (Å²) in [7, 11) is 0. The zero-order valence-electron chi connectivity index (χ0n) is 15.3. The molecule has 0 fully saturated rings. The number of anilines is 4. The van der Waals surface area contributed by atoms with Crippen LogP contribution in [0.15, 0.2) is 53.9 Å². The molecular formula is C20H16ClN5OS2. The Kier molecular flexibility index (Phi) is 5.48. The Labute approximate surface area is 180 Å². The predicted molar refractivity (Wildman–Crippen MR) is 122 cm³/mol. The van der Waals surface area contributed by atoms with Gasteiger partial charge in [-0.2, -0.15) is 0 Å². The number of amides is 1. The highest BCUT2D eigenvalue weighted by molar-refractivity contribution is 7.20. The number of halogens is 1. The van der Waals surface area contributed by atoms with Crippen LogP contribution in [0.25, 0.3) is 10.6 Å². The fourth-order valence-electron chi connectivity index (χ4n) is 2.58. The van der Waals surface area contributed by atoms with E-state index in [4.69, 9.17) is 17.3 Å². The molecule has 29 heavy (non-hydrogen) atoms.